The number of benzene rings is 3. The lowest BCUT2D eigenvalue weighted by molar-refractivity contribution is -0.112. The number of phenols is 1. The van der Waals surface area contributed by atoms with Gasteiger partial charge in [-0.2, -0.15) is 5.26 Å². The van der Waals surface area contributed by atoms with Gasteiger partial charge in [0.15, 0.2) is 0 Å². The number of nitriles is 1. The third-order valence-corrected chi connectivity index (χ3v) is 4.40. The molecule has 3 aromatic rings. The van der Waals surface area contributed by atoms with Crippen molar-refractivity contribution in [2.75, 3.05) is 10.6 Å². The number of anilines is 2. The second-order valence-corrected chi connectivity index (χ2v) is 6.25. The maximum absolute atomic E-state index is 12.5. The lowest BCUT2D eigenvalue weighted by atomic mass is 10.1. The first-order valence-corrected chi connectivity index (χ1v) is 8.45. The number of nitrogens with one attached hydrogen (secondary N) is 2. The van der Waals surface area contributed by atoms with Gasteiger partial charge in [-0.15, -0.1) is 0 Å². The zero-order valence-electron chi connectivity index (χ0n) is 15.1. The largest absolute Gasteiger partial charge is 0.507 e. The molecule has 134 valence electrons. The number of amides is 1. The predicted molar refractivity (Wildman–Crippen MR) is 107 cm³/mol. The van der Waals surface area contributed by atoms with Crippen LogP contribution in [0.15, 0.2) is 66.4 Å². The molecule has 0 heterocycles. The predicted octanol–water partition coefficient (Wildman–Crippen LogP) is 4.62. The Labute approximate surface area is 157 Å². The summed E-state index contributed by atoms with van der Waals surface area (Å²) in [5.74, 6) is -0.388. The molecule has 0 aliphatic heterocycles. The molecule has 0 aromatic heterocycles. The molecule has 5 nitrogen and oxygen atoms in total. The summed E-state index contributed by atoms with van der Waals surface area (Å²) < 4.78 is 0. The lowest BCUT2D eigenvalue weighted by Gasteiger charge is -2.10. The fraction of sp³-hybridized carbons (Fsp3) is 0.0909. The Balaban J connectivity index is 1.83. The summed E-state index contributed by atoms with van der Waals surface area (Å²) in [6.07, 6.45) is 1.39. The quantitative estimate of drug-likeness (QED) is 0.470. The summed E-state index contributed by atoms with van der Waals surface area (Å²) in [7, 11) is 0. The monoisotopic (exact) mass is 357 g/mol. The Bertz CT molecular complexity index is 1090. The molecule has 27 heavy (non-hydrogen) atoms. The van der Waals surface area contributed by atoms with Crippen molar-refractivity contribution in [3.05, 3.63) is 77.5 Å². The first-order chi connectivity index (χ1) is 13.0. The zero-order valence-corrected chi connectivity index (χ0v) is 15.1. The molecule has 1 amide bonds. The van der Waals surface area contributed by atoms with E-state index >= 15 is 0 Å². The van der Waals surface area contributed by atoms with Crippen LogP contribution in [-0.4, -0.2) is 11.0 Å². The molecule has 0 atom stereocenters. The molecule has 5 heteroatoms. The molecule has 0 bridgehead atoms. The number of carbonyl (C=O) groups excluding carboxylic acids is 1. The van der Waals surface area contributed by atoms with Crippen molar-refractivity contribution in [1.82, 2.24) is 0 Å². The van der Waals surface area contributed by atoms with Crippen LogP contribution in [0.25, 0.3) is 10.8 Å². The number of hydrogen-bond donors (Lipinski definition) is 3. The number of aryl methyl sites for hydroxylation is 2. The van der Waals surface area contributed by atoms with Gasteiger partial charge in [-0.3, -0.25) is 4.79 Å². The third-order valence-electron chi connectivity index (χ3n) is 4.40. The maximum atomic E-state index is 12.5. The third kappa shape index (κ3) is 3.91. The Morgan fingerprint density at radius 3 is 2.52 bits per heavy atom. The van der Waals surface area contributed by atoms with Gasteiger partial charge < -0.3 is 15.7 Å². The summed E-state index contributed by atoms with van der Waals surface area (Å²) in [4.78, 5) is 12.5. The Morgan fingerprint density at radius 1 is 1.04 bits per heavy atom. The highest BCUT2D eigenvalue weighted by Crippen LogP contribution is 2.30. The minimum Gasteiger partial charge on any atom is -0.507 e. The van der Waals surface area contributed by atoms with E-state index in [0.29, 0.717) is 16.5 Å². The summed E-state index contributed by atoms with van der Waals surface area (Å²) in [6, 6.07) is 18.0. The number of fused-ring (bicyclic) bond motifs is 1. The van der Waals surface area contributed by atoms with Gasteiger partial charge in [-0.25, -0.2) is 0 Å². The fourth-order valence-corrected chi connectivity index (χ4v) is 2.73. The summed E-state index contributed by atoms with van der Waals surface area (Å²) in [5.41, 5.74) is 3.56. The van der Waals surface area contributed by atoms with E-state index in [1.54, 1.807) is 36.4 Å². The zero-order chi connectivity index (χ0) is 19.4. The second-order valence-electron chi connectivity index (χ2n) is 6.25. The molecule has 0 aliphatic carbocycles. The minimum atomic E-state index is -0.523. The highest BCUT2D eigenvalue weighted by Gasteiger charge is 2.12. The van der Waals surface area contributed by atoms with E-state index in [4.69, 9.17) is 0 Å². The number of rotatable bonds is 4. The van der Waals surface area contributed by atoms with Crippen molar-refractivity contribution in [2.24, 2.45) is 0 Å². The van der Waals surface area contributed by atoms with Gasteiger partial charge in [-0.05, 0) is 49.2 Å². The molecular formula is C22H19N3O2. The van der Waals surface area contributed by atoms with Gasteiger partial charge in [0.2, 0.25) is 0 Å². The molecule has 3 rings (SSSR count). The van der Waals surface area contributed by atoms with Crippen molar-refractivity contribution in [2.45, 2.75) is 13.8 Å². The van der Waals surface area contributed by atoms with E-state index in [1.807, 2.05) is 38.1 Å². The molecule has 0 saturated carbocycles. The summed E-state index contributed by atoms with van der Waals surface area (Å²) in [6.45, 7) is 4.02. The average Bonchev–Trinajstić information content (AvgIpc) is 2.66. The van der Waals surface area contributed by atoms with Gasteiger partial charge in [0, 0.05) is 28.3 Å². The highest BCUT2D eigenvalue weighted by atomic mass is 16.3. The van der Waals surface area contributed by atoms with E-state index in [1.165, 1.54) is 11.8 Å². The number of nitrogens with zero attached hydrogens (tertiary/aromatic N) is 1. The van der Waals surface area contributed by atoms with Crippen LogP contribution < -0.4 is 10.6 Å². The standard InChI is InChI=1S/C22H19N3O2/c1-14-9-10-17(11-15(14)2)24-13-16(12-23)22(27)25-20-7-3-6-19-18(20)5-4-8-21(19)26/h3-11,13,24,26H,1-2H3,(H,25,27)/b16-13-. The van der Waals surface area contributed by atoms with Crippen LogP contribution in [0.4, 0.5) is 11.4 Å². The number of hydrogen-bond acceptors (Lipinski definition) is 4. The molecule has 0 spiro atoms. The van der Waals surface area contributed by atoms with Crippen LogP contribution >= 0.6 is 0 Å². The molecule has 0 radical (unpaired) electrons. The average molecular weight is 357 g/mol. The molecule has 3 aromatic carbocycles. The Hall–Kier alpha value is -3.78. The molecule has 0 aliphatic rings. The van der Waals surface area contributed by atoms with Crippen molar-refractivity contribution in [1.29, 1.82) is 5.26 Å². The van der Waals surface area contributed by atoms with Crippen LogP contribution in [0.5, 0.6) is 5.75 Å². The van der Waals surface area contributed by atoms with E-state index in [9.17, 15) is 15.2 Å². The van der Waals surface area contributed by atoms with Gasteiger partial charge in [-0.1, -0.05) is 30.3 Å². The van der Waals surface area contributed by atoms with E-state index < -0.39 is 5.91 Å². The first-order valence-electron chi connectivity index (χ1n) is 8.45. The smallest absolute Gasteiger partial charge is 0.267 e. The fourth-order valence-electron chi connectivity index (χ4n) is 2.73. The van der Waals surface area contributed by atoms with Crippen LogP contribution in [0, 0.1) is 25.2 Å². The number of phenolic OH excluding ortho intramolecular Hbond substituents is 1. The SMILES string of the molecule is Cc1ccc(N/C=C(/C#N)C(=O)Nc2cccc3c(O)cccc23)cc1C. The van der Waals surface area contributed by atoms with Crippen molar-refractivity contribution >= 4 is 28.1 Å². The molecule has 0 saturated heterocycles. The normalized spacial score (nSPS) is 11.1. The summed E-state index contributed by atoms with van der Waals surface area (Å²) >= 11 is 0. The number of aromatic hydroxyl groups is 1. The Morgan fingerprint density at radius 2 is 1.78 bits per heavy atom. The van der Waals surface area contributed by atoms with E-state index in [2.05, 4.69) is 10.6 Å². The van der Waals surface area contributed by atoms with Crippen LogP contribution in [0.3, 0.4) is 0 Å². The number of carbonyl (C=O) groups is 1. The van der Waals surface area contributed by atoms with E-state index in [-0.39, 0.29) is 11.3 Å². The second kappa shape index (κ2) is 7.63. The maximum Gasteiger partial charge on any atom is 0.267 e. The van der Waals surface area contributed by atoms with Crippen LogP contribution in [0.2, 0.25) is 0 Å². The van der Waals surface area contributed by atoms with Crippen LogP contribution in [-0.2, 0) is 4.79 Å². The molecule has 0 unspecified atom stereocenters. The lowest BCUT2D eigenvalue weighted by Crippen LogP contribution is -2.14. The molecule has 3 N–H and O–H groups in total. The van der Waals surface area contributed by atoms with Crippen molar-refractivity contribution < 1.29 is 9.90 Å². The first kappa shape index (κ1) is 18.0. The van der Waals surface area contributed by atoms with E-state index in [0.717, 1.165) is 11.3 Å². The van der Waals surface area contributed by atoms with Gasteiger partial charge in [0.05, 0.1) is 0 Å². The molecule has 0 fully saturated rings. The van der Waals surface area contributed by atoms with Crippen molar-refractivity contribution in [3.63, 3.8) is 0 Å². The molecular weight excluding hydrogens is 338 g/mol. The highest BCUT2D eigenvalue weighted by molar-refractivity contribution is 6.11. The van der Waals surface area contributed by atoms with Gasteiger partial charge in [0.1, 0.15) is 17.4 Å². The topological polar surface area (TPSA) is 85.2 Å². The van der Waals surface area contributed by atoms with Crippen molar-refractivity contribution in [3.8, 4) is 11.8 Å². The summed E-state index contributed by atoms with van der Waals surface area (Å²) in [5, 5.41) is 26.4. The Kier molecular flexibility index (Phi) is 5.09. The van der Waals surface area contributed by atoms with Gasteiger partial charge in [0.25, 0.3) is 5.91 Å². The van der Waals surface area contributed by atoms with Gasteiger partial charge >= 0.3 is 0 Å². The minimum absolute atomic E-state index is 0.0506. The van der Waals surface area contributed by atoms with Crippen LogP contribution in [0.1, 0.15) is 11.1 Å².